The summed E-state index contributed by atoms with van der Waals surface area (Å²) >= 11 is 0. The third-order valence-corrected chi connectivity index (χ3v) is 2.06. The van der Waals surface area contributed by atoms with Crippen molar-refractivity contribution < 1.29 is 9.53 Å². The maximum absolute atomic E-state index is 11.3. The molecule has 4 heteroatoms. The molecule has 0 rings (SSSR count). The summed E-state index contributed by atoms with van der Waals surface area (Å²) in [6, 6.07) is 0.0459. The summed E-state index contributed by atoms with van der Waals surface area (Å²) in [6.07, 6.45) is 2.75. The van der Waals surface area contributed by atoms with Crippen LogP contribution in [0.4, 0.5) is 4.79 Å². The number of hydrogen-bond donors (Lipinski definition) is 2. The summed E-state index contributed by atoms with van der Waals surface area (Å²) in [5, 5.41) is 2.77. The molecule has 0 aromatic heterocycles. The maximum atomic E-state index is 11.3. The van der Waals surface area contributed by atoms with Gasteiger partial charge in [0.2, 0.25) is 0 Å². The molecule has 0 saturated carbocycles. The Hall–Kier alpha value is -0.770. The minimum Gasteiger partial charge on any atom is -0.449 e. The third kappa shape index (κ3) is 8.24. The molecule has 0 bridgehead atoms. The largest absolute Gasteiger partial charge is 0.449 e. The molecule has 0 aliphatic carbocycles. The predicted octanol–water partition coefficient (Wildman–Crippen LogP) is 1.89. The highest BCUT2D eigenvalue weighted by Crippen LogP contribution is 2.00. The number of hydrogen-bond acceptors (Lipinski definition) is 3. The molecule has 0 aromatic carbocycles. The van der Waals surface area contributed by atoms with E-state index in [1.165, 1.54) is 0 Å². The van der Waals surface area contributed by atoms with Crippen LogP contribution in [0.2, 0.25) is 0 Å². The highest BCUT2D eigenvalue weighted by atomic mass is 16.5. The first-order chi connectivity index (χ1) is 7.10. The zero-order valence-corrected chi connectivity index (χ0v) is 10.1. The molecule has 0 fully saturated rings. The van der Waals surface area contributed by atoms with Crippen molar-refractivity contribution in [3.05, 3.63) is 0 Å². The lowest BCUT2D eigenvalue weighted by atomic mass is 10.1. The second-order valence-electron chi connectivity index (χ2n) is 4.21. The Kier molecular flexibility index (Phi) is 8.09. The Balaban J connectivity index is 3.70. The highest BCUT2D eigenvalue weighted by molar-refractivity contribution is 5.67. The Morgan fingerprint density at radius 3 is 2.60 bits per heavy atom. The molecule has 0 heterocycles. The summed E-state index contributed by atoms with van der Waals surface area (Å²) in [7, 11) is 0. The first-order valence-corrected chi connectivity index (χ1v) is 5.73. The predicted molar refractivity (Wildman–Crippen MR) is 61.7 cm³/mol. The van der Waals surface area contributed by atoms with Gasteiger partial charge in [0.05, 0.1) is 6.61 Å². The minimum absolute atomic E-state index is 0.0459. The molecule has 15 heavy (non-hydrogen) atoms. The molecule has 4 nitrogen and oxygen atoms in total. The SMILES string of the molecule is CCCCC(CN)NC(=O)OCC(C)C. The normalized spacial score (nSPS) is 12.6. The van der Waals surface area contributed by atoms with Crippen LogP contribution >= 0.6 is 0 Å². The van der Waals surface area contributed by atoms with E-state index in [1.807, 2.05) is 13.8 Å². The molecule has 0 aliphatic heterocycles. The van der Waals surface area contributed by atoms with Gasteiger partial charge in [-0.05, 0) is 12.3 Å². The molecule has 1 amide bonds. The Labute approximate surface area is 92.6 Å². The molecule has 1 unspecified atom stereocenters. The second kappa shape index (κ2) is 8.53. The van der Waals surface area contributed by atoms with Gasteiger partial charge in [-0.2, -0.15) is 0 Å². The van der Waals surface area contributed by atoms with Crippen molar-refractivity contribution in [1.82, 2.24) is 5.32 Å². The van der Waals surface area contributed by atoms with Gasteiger partial charge >= 0.3 is 6.09 Å². The molecule has 0 saturated heterocycles. The number of amides is 1. The van der Waals surface area contributed by atoms with E-state index in [0.717, 1.165) is 19.3 Å². The lowest BCUT2D eigenvalue weighted by Crippen LogP contribution is -2.40. The van der Waals surface area contributed by atoms with Crippen molar-refractivity contribution in [2.24, 2.45) is 11.7 Å². The third-order valence-electron chi connectivity index (χ3n) is 2.06. The van der Waals surface area contributed by atoms with E-state index in [-0.39, 0.29) is 12.1 Å². The average Bonchev–Trinajstić information content (AvgIpc) is 2.21. The maximum Gasteiger partial charge on any atom is 0.407 e. The number of carbonyl (C=O) groups excluding carboxylic acids is 1. The summed E-state index contributed by atoms with van der Waals surface area (Å²) in [4.78, 5) is 11.3. The van der Waals surface area contributed by atoms with Crippen molar-refractivity contribution >= 4 is 6.09 Å². The highest BCUT2D eigenvalue weighted by Gasteiger charge is 2.11. The van der Waals surface area contributed by atoms with Gasteiger partial charge in [0, 0.05) is 12.6 Å². The first-order valence-electron chi connectivity index (χ1n) is 5.73. The van der Waals surface area contributed by atoms with Gasteiger partial charge in [-0.15, -0.1) is 0 Å². The number of rotatable bonds is 7. The average molecular weight is 216 g/mol. The fourth-order valence-electron chi connectivity index (χ4n) is 1.15. The van der Waals surface area contributed by atoms with E-state index < -0.39 is 0 Å². The summed E-state index contributed by atoms with van der Waals surface area (Å²) in [5.74, 6) is 0.364. The second-order valence-corrected chi connectivity index (χ2v) is 4.21. The molecule has 0 aliphatic rings. The Morgan fingerprint density at radius 2 is 2.13 bits per heavy atom. The van der Waals surface area contributed by atoms with Crippen LogP contribution < -0.4 is 11.1 Å². The monoisotopic (exact) mass is 216 g/mol. The number of nitrogens with two attached hydrogens (primary N) is 1. The topological polar surface area (TPSA) is 64.3 Å². The van der Waals surface area contributed by atoms with Gasteiger partial charge in [0.15, 0.2) is 0 Å². The summed E-state index contributed by atoms with van der Waals surface area (Å²) < 4.78 is 5.01. The van der Waals surface area contributed by atoms with Gasteiger partial charge in [0.25, 0.3) is 0 Å². The lowest BCUT2D eigenvalue weighted by molar-refractivity contribution is 0.129. The molecular formula is C11H24N2O2. The van der Waals surface area contributed by atoms with E-state index in [1.54, 1.807) is 0 Å². The van der Waals surface area contributed by atoms with Crippen LogP contribution in [0.25, 0.3) is 0 Å². The van der Waals surface area contributed by atoms with Crippen LogP contribution in [-0.4, -0.2) is 25.3 Å². The zero-order valence-electron chi connectivity index (χ0n) is 10.1. The van der Waals surface area contributed by atoms with Crippen LogP contribution in [0.1, 0.15) is 40.0 Å². The van der Waals surface area contributed by atoms with Gasteiger partial charge in [-0.3, -0.25) is 0 Å². The van der Waals surface area contributed by atoms with E-state index in [9.17, 15) is 4.79 Å². The smallest absolute Gasteiger partial charge is 0.407 e. The van der Waals surface area contributed by atoms with Gasteiger partial charge in [-0.1, -0.05) is 33.6 Å². The minimum atomic E-state index is -0.352. The molecule has 0 radical (unpaired) electrons. The fraction of sp³-hybridized carbons (Fsp3) is 0.909. The van der Waals surface area contributed by atoms with Crippen molar-refractivity contribution in [2.75, 3.05) is 13.2 Å². The van der Waals surface area contributed by atoms with Gasteiger partial charge in [0.1, 0.15) is 0 Å². The molecule has 0 spiro atoms. The van der Waals surface area contributed by atoms with Crippen LogP contribution in [0, 0.1) is 5.92 Å². The van der Waals surface area contributed by atoms with Crippen molar-refractivity contribution in [3.63, 3.8) is 0 Å². The van der Waals surface area contributed by atoms with Gasteiger partial charge in [-0.25, -0.2) is 4.79 Å². The van der Waals surface area contributed by atoms with E-state index >= 15 is 0 Å². The fourth-order valence-corrected chi connectivity index (χ4v) is 1.15. The standard InChI is InChI=1S/C11H24N2O2/c1-4-5-6-10(7-12)13-11(14)15-8-9(2)3/h9-10H,4-8,12H2,1-3H3,(H,13,14). The molecule has 1 atom stereocenters. The van der Waals surface area contributed by atoms with Crippen molar-refractivity contribution in [3.8, 4) is 0 Å². The quantitative estimate of drug-likeness (QED) is 0.683. The number of alkyl carbamates (subject to hydrolysis) is 1. The molecular weight excluding hydrogens is 192 g/mol. The van der Waals surface area contributed by atoms with Gasteiger partial charge < -0.3 is 15.8 Å². The molecule has 3 N–H and O–H groups in total. The van der Waals surface area contributed by atoms with E-state index in [2.05, 4.69) is 12.2 Å². The summed E-state index contributed by atoms with van der Waals surface area (Å²) in [5.41, 5.74) is 5.55. The number of unbranched alkanes of at least 4 members (excludes halogenated alkanes) is 1. The van der Waals surface area contributed by atoms with Crippen LogP contribution in [0.5, 0.6) is 0 Å². The zero-order chi connectivity index (χ0) is 11.7. The van der Waals surface area contributed by atoms with E-state index in [0.29, 0.717) is 19.1 Å². The Morgan fingerprint density at radius 1 is 1.47 bits per heavy atom. The van der Waals surface area contributed by atoms with E-state index in [4.69, 9.17) is 10.5 Å². The summed E-state index contributed by atoms with van der Waals surface area (Å²) in [6.45, 7) is 7.05. The van der Waals surface area contributed by atoms with Crippen LogP contribution in [0.15, 0.2) is 0 Å². The molecule has 0 aromatic rings. The number of ether oxygens (including phenoxy) is 1. The first kappa shape index (κ1) is 14.2. The molecule has 90 valence electrons. The number of nitrogens with one attached hydrogen (secondary N) is 1. The van der Waals surface area contributed by atoms with Crippen LogP contribution in [0.3, 0.4) is 0 Å². The van der Waals surface area contributed by atoms with Crippen molar-refractivity contribution in [2.45, 2.75) is 46.1 Å². The Bertz CT molecular complexity index is 172. The van der Waals surface area contributed by atoms with Crippen LogP contribution in [-0.2, 0) is 4.74 Å². The number of carbonyl (C=O) groups is 1. The lowest BCUT2D eigenvalue weighted by Gasteiger charge is -2.16. The van der Waals surface area contributed by atoms with Crippen molar-refractivity contribution in [1.29, 1.82) is 0 Å².